The Bertz CT molecular complexity index is 464. The Kier molecular flexibility index (Phi) is 1.21. The van der Waals surface area contributed by atoms with Crippen LogP contribution in [0.15, 0.2) is 18.5 Å². The molecule has 0 fully saturated rings. The highest BCUT2D eigenvalue weighted by molar-refractivity contribution is 5.55. The zero-order valence-corrected chi connectivity index (χ0v) is 6.10. The molecule has 5 nitrogen and oxygen atoms in total. The van der Waals surface area contributed by atoms with E-state index in [1.54, 1.807) is 12.3 Å². The molecule has 0 saturated heterocycles. The van der Waals surface area contributed by atoms with Crippen molar-refractivity contribution >= 4 is 11.5 Å². The predicted molar refractivity (Wildman–Crippen MR) is 42.1 cm³/mol. The van der Waals surface area contributed by atoms with Gasteiger partial charge in [0.25, 0.3) is 0 Å². The van der Waals surface area contributed by atoms with Crippen LogP contribution in [0.25, 0.3) is 5.65 Å². The molecular weight excluding hydrogens is 154 g/mol. The molecule has 0 aliphatic rings. The Morgan fingerprint density at radius 3 is 3.17 bits per heavy atom. The molecule has 0 aromatic carbocycles. The third kappa shape index (κ3) is 0.787. The van der Waals surface area contributed by atoms with Crippen LogP contribution in [0.4, 0.5) is 5.82 Å². The lowest BCUT2D eigenvalue weighted by Gasteiger charge is -1.92. The highest BCUT2D eigenvalue weighted by Gasteiger charge is 2.03. The molecule has 2 aromatic rings. The summed E-state index contributed by atoms with van der Waals surface area (Å²) in [4.78, 5) is 3.96. The van der Waals surface area contributed by atoms with Gasteiger partial charge in [0, 0.05) is 6.20 Å². The minimum atomic E-state index is 0.388. The fourth-order valence-electron chi connectivity index (χ4n) is 0.962. The maximum atomic E-state index is 8.63. The molecule has 2 rings (SSSR count). The Hall–Kier alpha value is -2.09. The van der Waals surface area contributed by atoms with Gasteiger partial charge in [-0.15, -0.1) is 0 Å². The van der Waals surface area contributed by atoms with Crippen LogP contribution in [0.3, 0.4) is 0 Å². The van der Waals surface area contributed by atoms with Gasteiger partial charge in [-0.05, 0) is 6.07 Å². The van der Waals surface area contributed by atoms with Gasteiger partial charge < -0.3 is 5.73 Å². The van der Waals surface area contributed by atoms with Gasteiger partial charge in [-0.25, -0.2) is 9.50 Å². The number of nitrogen functional groups attached to an aromatic ring is 1. The van der Waals surface area contributed by atoms with E-state index in [9.17, 15) is 0 Å². The molecule has 0 saturated carbocycles. The van der Waals surface area contributed by atoms with Crippen LogP contribution >= 0.6 is 0 Å². The van der Waals surface area contributed by atoms with Crippen LogP contribution in [-0.4, -0.2) is 14.6 Å². The van der Waals surface area contributed by atoms with E-state index < -0.39 is 0 Å². The Balaban J connectivity index is 2.86. The van der Waals surface area contributed by atoms with Crippen molar-refractivity contribution in [1.82, 2.24) is 14.6 Å². The van der Waals surface area contributed by atoms with E-state index >= 15 is 0 Å². The number of nitrogens with zero attached hydrogens (tertiary/aromatic N) is 4. The van der Waals surface area contributed by atoms with Crippen molar-refractivity contribution in [2.24, 2.45) is 0 Å². The Morgan fingerprint density at radius 2 is 2.42 bits per heavy atom. The molecule has 2 aromatic heterocycles. The highest BCUT2D eigenvalue weighted by Crippen LogP contribution is 2.07. The summed E-state index contributed by atoms with van der Waals surface area (Å²) in [6.07, 6.45) is 3.13. The summed E-state index contributed by atoms with van der Waals surface area (Å²) in [5.41, 5.74) is 6.38. The van der Waals surface area contributed by atoms with Crippen LogP contribution < -0.4 is 5.73 Å². The van der Waals surface area contributed by atoms with Crippen LogP contribution in [0.5, 0.6) is 0 Å². The monoisotopic (exact) mass is 159 g/mol. The van der Waals surface area contributed by atoms with Gasteiger partial charge in [-0.3, -0.25) is 0 Å². The van der Waals surface area contributed by atoms with E-state index in [-0.39, 0.29) is 0 Å². The molecule has 12 heavy (non-hydrogen) atoms. The molecule has 0 bridgehead atoms. The van der Waals surface area contributed by atoms with Crippen molar-refractivity contribution in [3.05, 3.63) is 24.0 Å². The van der Waals surface area contributed by atoms with Crippen molar-refractivity contribution in [2.75, 3.05) is 5.73 Å². The van der Waals surface area contributed by atoms with Crippen LogP contribution in [0.2, 0.25) is 0 Å². The third-order valence-electron chi connectivity index (χ3n) is 1.51. The first-order chi connectivity index (χ1) is 5.81. The molecule has 0 unspecified atom stereocenters. The van der Waals surface area contributed by atoms with E-state index in [4.69, 9.17) is 11.0 Å². The van der Waals surface area contributed by atoms with Crippen molar-refractivity contribution in [3.8, 4) is 6.07 Å². The second-order valence-corrected chi connectivity index (χ2v) is 2.29. The van der Waals surface area contributed by atoms with E-state index in [2.05, 4.69) is 10.1 Å². The van der Waals surface area contributed by atoms with Gasteiger partial charge in [-0.1, -0.05) is 0 Å². The smallest absolute Gasteiger partial charge is 0.175 e. The van der Waals surface area contributed by atoms with Crippen LogP contribution in [0, 0.1) is 11.3 Å². The summed E-state index contributed by atoms with van der Waals surface area (Å²) in [7, 11) is 0. The molecule has 0 spiro atoms. The normalized spacial score (nSPS) is 9.92. The number of nitriles is 1. The summed E-state index contributed by atoms with van der Waals surface area (Å²) in [5, 5.41) is 12.5. The summed E-state index contributed by atoms with van der Waals surface area (Å²) < 4.78 is 1.51. The fourth-order valence-corrected chi connectivity index (χ4v) is 0.962. The fraction of sp³-hybridized carbons (Fsp3) is 0. The first-order valence-corrected chi connectivity index (χ1v) is 3.31. The van der Waals surface area contributed by atoms with Gasteiger partial charge in [0.05, 0.1) is 6.20 Å². The first kappa shape index (κ1) is 6.61. The Morgan fingerprint density at radius 1 is 1.58 bits per heavy atom. The van der Waals surface area contributed by atoms with E-state index in [0.717, 1.165) is 0 Å². The van der Waals surface area contributed by atoms with E-state index in [0.29, 0.717) is 17.0 Å². The van der Waals surface area contributed by atoms with Gasteiger partial charge in [-0.2, -0.15) is 10.4 Å². The number of nitrogens with two attached hydrogens (primary N) is 1. The lowest BCUT2D eigenvalue weighted by atomic mass is 10.4. The van der Waals surface area contributed by atoms with Crippen molar-refractivity contribution in [1.29, 1.82) is 5.26 Å². The van der Waals surface area contributed by atoms with E-state index in [1.165, 1.54) is 10.7 Å². The highest BCUT2D eigenvalue weighted by atomic mass is 15.2. The number of hydrogen-bond donors (Lipinski definition) is 1. The standard InChI is InChI=1S/C7H5N5/c8-3-5-4-10-12-2-1-6(9)11-7(5)12/h1-2,4H,(H2,9,11). The minimum absolute atomic E-state index is 0.388. The largest absolute Gasteiger partial charge is 0.384 e. The molecule has 0 aliphatic heterocycles. The van der Waals surface area contributed by atoms with Gasteiger partial charge in [0.1, 0.15) is 17.5 Å². The maximum Gasteiger partial charge on any atom is 0.175 e. The number of fused-ring (bicyclic) bond motifs is 1. The van der Waals surface area contributed by atoms with Gasteiger partial charge in [0.2, 0.25) is 0 Å². The molecule has 2 heterocycles. The molecular formula is C7H5N5. The van der Waals surface area contributed by atoms with Gasteiger partial charge >= 0.3 is 0 Å². The number of aromatic nitrogens is 3. The van der Waals surface area contributed by atoms with Crippen molar-refractivity contribution < 1.29 is 0 Å². The minimum Gasteiger partial charge on any atom is -0.384 e. The van der Waals surface area contributed by atoms with E-state index in [1.807, 2.05) is 6.07 Å². The molecule has 2 N–H and O–H groups in total. The number of anilines is 1. The second-order valence-electron chi connectivity index (χ2n) is 2.29. The maximum absolute atomic E-state index is 8.63. The lowest BCUT2D eigenvalue weighted by Crippen LogP contribution is -1.94. The first-order valence-electron chi connectivity index (χ1n) is 3.31. The second kappa shape index (κ2) is 2.20. The third-order valence-corrected chi connectivity index (χ3v) is 1.51. The summed E-state index contributed by atoms with van der Waals surface area (Å²) in [5.74, 6) is 0.388. The number of rotatable bonds is 0. The average molecular weight is 159 g/mol. The summed E-state index contributed by atoms with van der Waals surface area (Å²) in [6, 6.07) is 3.60. The molecule has 0 amide bonds. The quantitative estimate of drug-likeness (QED) is 0.594. The molecule has 58 valence electrons. The zero-order chi connectivity index (χ0) is 8.55. The van der Waals surface area contributed by atoms with Gasteiger partial charge in [0.15, 0.2) is 5.65 Å². The predicted octanol–water partition coefficient (Wildman–Crippen LogP) is 0.183. The number of hydrogen-bond acceptors (Lipinski definition) is 4. The lowest BCUT2D eigenvalue weighted by molar-refractivity contribution is 0.942. The average Bonchev–Trinajstić information content (AvgIpc) is 2.46. The molecule has 0 atom stereocenters. The summed E-state index contributed by atoms with van der Waals surface area (Å²) in [6.45, 7) is 0. The van der Waals surface area contributed by atoms with Crippen molar-refractivity contribution in [3.63, 3.8) is 0 Å². The summed E-state index contributed by atoms with van der Waals surface area (Å²) >= 11 is 0. The SMILES string of the molecule is N#Cc1cnn2ccc(N)nc12. The molecule has 0 aliphatic carbocycles. The molecule has 0 radical (unpaired) electrons. The zero-order valence-electron chi connectivity index (χ0n) is 6.10. The van der Waals surface area contributed by atoms with Crippen LogP contribution in [-0.2, 0) is 0 Å². The topological polar surface area (TPSA) is 80.0 Å². The van der Waals surface area contributed by atoms with Crippen LogP contribution in [0.1, 0.15) is 5.56 Å². The van der Waals surface area contributed by atoms with Crippen molar-refractivity contribution in [2.45, 2.75) is 0 Å². The molecule has 5 heteroatoms. The Labute approximate surface area is 68.1 Å².